The number of halogens is 1. The second-order valence-corrected chi connectivity index (χ2v) is 4.85. The fourth-order valence-corrected chi connectivity index (χ4v) is 2.26. The molecule has 0 bridgehead atoms. The third kappa shape index (κ3) is 2.15. The Morgan fingerprint density at radius 2 is 1.95 bits per heavy atom. The van der Waals surface area contributed by atoms with E-state index in [2.05, 4.69) is 9.97 Å². The number of rotatable bonds is 2. The van der Waals surface area contributed by atoms with Gasteiger partial charge in [0.25, 0.3) is 0 Å². The number of nitrogens with two attached hydrogens (primary N) is 1. The van der Waals surface area contributed by atoms with Crippen molar-refractivity contribution in [3.8, 4) is 0 Å². The lowest BCUT2D eigenvalue weighted by molar-refractivity contribution is 0.826. The predicted octanol–water partition coefficient (Wildman–Crippen LogP) is 3.02. The van der Waals surface area contributed by atoms with E-state index in [1.807, 2.05) is 47.9 Å². The van der Waals surface area contributed by atoms with Crippen LogP contribution in [0.25, 0.3) is 11.2 Å². The predicted molar refractivity (Wildman–Crippen MR) is 77.2 cm³/mol. The molecule has 0 saturated carbocycles. The van der Waals surface area contributed by atoms with Gasteiger partial charge < -0.3 is 5.73 Å². The molecule has 0 saturated heterocycles. The van der Waals surface area contributed by atoms with Crippen molar-refractivity contribution in [3.05, 3.63) is 52.7 Å². The van der Waals surface area contributed by atoms with Crippen LogP contribution in [0.2, 0.25) is 5.02 Å². The van der Waals surface area contributed by atoms with Crippen LogP contribution in [0.3, 0.4) is 0 Å². The van der Waals surface area contributed by atoms with Crippen molar-refractivity contribution in [3.63, 3.8) is 0 Å². The molecular weight excluding hydrogens is 260 g/mol. The van der Waals surface area contributed by atoms with E-state index in [-0.39, 0.29) is 0 Å². The van der Waals surface area contributed by atoms with E-state index in [9.17, 15) is 0 Å². The maximum atomic E-state index is 6.18. The lowest BCUT2D eigenvalue weighted by Gasteiger charge is -2.07. The molecule has 1 aromatic carbocycles. The highest BCUT2D eigenvalue weighted by atomic mass is 35.5. The van der Waals surface area contributed by atoms with Crippen LogP contribution in [0.5, 0.6) is 0 Å². The Labute approximate surface area is 115 Å². The Balaban J connectivity index is 2.12. The smallest absolute Gasteiger partial charge is 0.202 e. The second-order valence-electron chi connectivity index (χ2n) is 4.44. The number of hydrogen-bond donors (Lipinski definition) is 1. The lowest BCUT2D eigenvalue weighted by atomic mass is 10.2. The van der Waals surface area contributed by atoms with Gasteiger partial charge in [-0.2, -0.15) is 0 Å². The van der Waals surface area contributed by atoms with Crippen molar-refractivity contribution >= 4 is 28.7 Å². The van der Waals surface area contributed by atoms with Crippen LogP contribution in [-0.4, -0.2) is 14.5 Å². The van der Waals surface area contributed by atoms with Gasteiger partial charge in [0.05, 0.1) is 6.54 Å². The molecule has 4 nitrogen and oxygen atoms in total. The summed E-state index contributed by atoms with van der Waals surface area (Å²) >= 11 is 6.18. The molecule has 2 aromatic heterocycles. The first-order chi connectivity index (χ1) is 9.15. The number of aromatic nitrogens is 3. The van der Waals surface area contributed by atoms with Gasteiger partial charge in [-0.15, -0.1) is 0 Å². The first-order valence-corrected chi connectivity index (χ1v) is 6.36. The first-order valence-electron chi connectivity index (χ1n) is 5.98. The molecule has 2 N–H and O–H groups in total. The standard InChI is InChI=1S/C14H13ClN4/c1-9-6-7-12-13(17-9)19(14(16)18-12)8-10-4-2-3-5-11(10)15/h2-7H,8H2,1H3,(H2,16,18). The monoisotopic (exact) mass is 272 g/mol. The molecule has 0 atom stereocenters. The molecule has 0 aliphatic carbocycles. The van der Waals surface area contributed by atoms with Crippen molar-refractivity contribution < 1.29 is 0 Å². The zero-order valence-electron chi connectivity index (χ0n) is 10.5. The third-order valence-electron chi connectivity index (χ3n) is 3.05. The van der Waals surface area contributed by atoms with Gasteiger partial charge in [0, 0.05) is 10.7 Å². The van der Waals surface area contributed by atoms with Crippen molar-refractivity contribution in [2.45, 2.75) is 13.5 Å². The molecule has 3 rings (SSSR count). The summed E-state index contributed by atoms with van der Waals surface area (Å²) in [6.45, 7) is 2.51. The summed E-state index contributed by atoms with van der Waals surface area (Å²) in [5.74, 6) is 0.452. The van der Waals surface area contributed by atoms with E-state index in [1.165, 1.54) is 0 Å². The van der Waals surface area contributed by atoms with Crippen molar-refractivity contribution in [1.29, 1.82) is 0 Å². The van der Waals surface area contributed by atoms with Gasteiger partial charge in [-0.3, -0.25) is 4.57 Å². The van der Waals surface area contributed by atoms with Crippen LogP contribution in [0.1, 0.15) is 11.3 Å². The Morgan fingerprint density at radius 3 is 2.74 bits per heavy atom. The first kappa shape index (κ1) is 12.0. The molecule has 0 amide bonds. The maximum absolute atomic E-state index is 6.18. The SMILES string of the molecule is Cc1ccc2nc(N)n(Cc3ccccc3Cl)c2n1. The Kier molecular flexibility index (Phi) is 2.87. The van der Waals surface area contributed by atoms with E-state index in [0.717, 1.165) is 27.4 Å². The van der Waals surface area contributed by atoms with Gasteiger partial charge in [-0.25, -0.2) is 9.97 Å². The second kappa shape index (κ2) is 4.55. The Morgan fingerprint density at radius 1 is 1.16 bits per heavy atom. The van der Waals surface area contributed by atoms with E-state index < -0.39 is 0 Å². The summed E-state index contributed by atoms with van der Waals surface area (Å²) in [7, 11) is 0. The fourth-order valence-electron chi connectivity index (χ4n) is 2.07. The van der Waals surface area contributed by atoms with Crippen LogP contribution in [0.4, 0.5) is 5.95 Å². The van der Waals surface area contributed by atoms with E-state index in [4.69, 9.17) is 17.3 Å². The minimum atomic E-state index is 0.452. The summed E-state index contributed by atoms with van der Waals surface area (Å²) in [5, 5.41) is 0.719. The van der Waals surface area contributed by atoms with Crippen LogP contribution in [-0.2, 0) is 6.54 Å². The van der Waals surface area contributed by atoms with Gasteiger partial charge in [-0.05, 0) is 30.7 Å². The summed E-state index contributed by atoms with van der Waals surface area (Å²) < 4.78 is 1.88. The van der Waals surface area contributed by atoms with Gasteiger partial charge in [0.15, 0.2) is 5.65 Å². The zero-order valence-corrected chi connectivity index (χ0v) is 11.2. The van der Waals surface area contributed by atoms with Crippen LogP contribution in [0.15, 0.2) is 36.4 Å². The highest BCUT2D eigenvalue weighted by Crippen LogP contribution is 2.21. The number of nitrogen functional groups attached to an aromatic ring is 1. The van der Waals surface area contributed by atoms with Crippen molar-refractivity contribution in [2.24, 2.45) is 0 Å². The summed E-state index contributed by atoms with van der Waals surface area (Å²) in [6.07, 6.45) is 0. The summed E-state index contributed by atoms with van der Waals surface area (Å²) in [5.41, 5.74) is 9.50. The number of nitrogens with zero attached hydrogens (tertiary/aromatic N) is 3. The maximum Gasteiger partial charge on any atom is 0.202 e. The fraction of sp³-hybridized carbons (Fsp3) is 0.143. The van der Waals surface area contributed by atoms with E-state index in [0.29, 0.717) is 12.5 Å². The molecule has 0 radical (unpaired) electrons. The number of anilines is 1. The van der Waals surface area contributed by atoms with Gasteiger partial charge in [0.2, 0.25) is 5.95 Å². The van der Waals surface area contributed by atoms with Gasteiger partial charge in [-0.1, -0.05) is 29.8 Å². The quantitative estimate of drug-likeness (QED) is 0.780. The molecule has 19 heavy (non-hydrogen) atoms. The number of imidazole rings is 1. The third-order valence-corrected chi connectivity index (χ3v) is 3.42. The number of aryl methyl sites for hydroxylation is 1. The van der Waals surface area contributed by atoms with Crippen LogP contribution < -0.4 is 5.73 Å². The van der Waals surface area contributed by atoms with Crippen molar-refractivity contribution in [2.75, 3.05) is 5.73 Å². The summed E-state index contributed by atoms with van der Waals surface area (Å²) in [4.78, 5) is 8.81. The zero-order chi connectivity index (χ0) is 13.4. The minimum absolute atomic E-state index is 0.452. The molecule has 0 aliphatic rings. The minimum Gasteiger partial charge on any atom is -0.369 e. The highest BCUT2D eigenvalue weighted by molar-refractivity contribution is 6.31. The molecule has 0 aliphatic heterocycles. The Bertz CT molecular complexity index is 748. The van der Waals surface area contributed by atoms with E-state index in [1.54, 1.807) is 0 Å². The average molecular weight is 273 g/mol. The Hall–Kier alpha value is -2.07. The topological polar surface area (TPSA) is 56.7 Å². The average Bonchev–Trinajstić information content (AvgIpc) is 2.69. The van der Waals surface area contributed by atoms with Gasteiger partial charge >= 0.3 is 0 Å². The molecule has 3 aromatic rings. The molecule has 0 unspecified atom stereocenters. The number of fused-ring (bicyclic) bond motifs is 1. The highest BCUT2D eigenvalue weighted by Gasteiger charge is 2.11. The molecule has 0 fully saturated rings. The number of hydrogen-bond acceptors (Lipinski definition) is 3. The van der Waals surface area contributed by atoms with Crippen molar-refractivity contribution in [1.82, 2.24) is 14.5 Å². The molecule has 2 heterocycles. The molecule has 5 heteroatoms. The summed E-state index contributed by atoms with van der Waals surface area (Å²) in [6, 6.07) is 11.6. The number of pyridine rings is 1. The molecule has 96 valence electrons. The van der Waals surface area contributed by atoms with E-state index >= 15 is 0 Å². The molecular formula is C14H13ClN4. The number of benzene rings is 1. The lowest BCUT2D eigenvalue weighted by Crippen LogP contribution is -2.06. The van der Waals surface area contributed by atoms with Crippen LogP contribution >= 0.6 is 11.6 Å². The van der Waals surface area contributed by atoms with Gasteiger partial charge in [0.1, 0.15) is 5.52 Å². The largest absolute Gasteiger partial charge is 0.369 e. The molecule has 0 spiro atoms. The normalized spacial score (nSPS) is 11.1. The van der Waals surface area contributed by atoms with Crippen LogP contribution in [0, 0.1) is 6.92 Å².